The van der Waals surface area contributed by atoms with Crippen LogP contribution < -0.4 is 15.4 Å². The summed E-state index contributed by atoms with van der Waals surface area (Å²) >= 11 is 0. The van der Waals surface area contributed by atoms with Crippen LogP contribution in [0.4, 0.5) is 10.5 Å². The minimum absolute atomic E-state index is 0.0359. The number of nitrogens with zero attached hydrogens (tertiary/aromatic N) is 1. The van der Waals surface area contributed by atoms with Gasteiger partial charge in [-0.25, -0.2) is 4.79 Å². The number of methoxy groups -OCH3 is 1. The van der Waals surface area contributed by atoms with E-state index in [0.717, 1.165) is 25.0 Å². The Morgan fingerprint density at radius 3 is 2.56 bits per heavy atom. The third kappa shape index (κ3) is 5.37. The van der Waals surface area contributed by atoms with E-state index in [9.17, 15) is 9.59 Å². The van der Waals surface area contributed by atoms with Gasteiger partial charge in [0.1, 0.15) is 5.75 Å². The van der Waals surface area contributed by atoms with Crippen molar-refractivity contribution in [3.05, 3.63) is 24.3 Å². The summed E-state index contributed by atoms with van der Waals surface area (Å²) in [5.74, 6) is 0.626. The molecule has 0 bridgehead atoms. The first-order chi connectivity index (χ1) is 11.8. The second kappa shape index (κ2) is 8.23. The summed E-state index contributed by atoms with van der Waals surface area (Å²) < 4.78 is 5.11. The predicted molar refractivity (Wildman–Crippen MR) is 98.8 cm³/mol. The SMILES string of the molecule is CCC(C)(C)NC(=O)[C@H]1CCCN(C(=O)Nc2ccc(OC)cc2)C1. The quantitative estimate of drug-likeness (QED) is 0.859. The van der Waals surface area contributed by atoms with E-state index in [2.05, 4.69) is 17.6 Å². The highest BCUT2D eigenvalue weighted by molar-refractivity contribution is 5.90. The van der Waals surface area contributed by atoms with E-state index in [-0.39, 0.29) is 23.4 Å². The van der Waals surface area contributed by atoms with Gasteiger partial charge in [0.25, 0.3) is 0 Å². The number of benzene rings is 1. The number of ether oxygens (including phenoxy) is 1. The lowest BCUT2D eigenvalue weighted by atomic mass is 9.94. The smallest absolute Gasteiger partial charge is 0.321 e. The maximum Gasteiger partial charge on any atom is 0.321 e. The van der Waals surface area contributed by atoms with Gasteiger partial charge in [0, 0.05) is 24.3 Å². The van der Waals surface area contributed by atoms with Crippen LogP contribution in [-0.4, -0.2) is 42.6 Å². The Labute approximate surface area is 149 Å². The summed E-state index contributed by atoms with van der Waals surface area (Å²) in [6.45, 7) is 7.20. The molecule has 138 valence electrons. The van der Waals surface area contributed by atoms with E-state index in [1.54, 1.807) is 36.3 Å². The number of urea groups is 1. The number of likely N-dealkylation sites (tertiary alicyclic amines) is 1. The molecule has 3 amide bonds. The van der Waals surface area contributed by atoms with Crippen molar-refractivity contribution in [2.24, 2.45) is 5.92 Å². The molecule has 2 rings (SSSR count). The van der Waals surface area contributed by atoms with Crippen molar-refractivity contribution in [1.29, 1.82) is 0 Å². The summed E-state index contributed by atoms with van der Waals surface area (Å²) in [7, 11) is 1.60. The highest BCUT2D eigenvalue weighted by Gasteiger charge is 2.30. The maximum absolute atomic E-state index is 12.5. The van der Waals surface area contributed by atoms with Crippen molar-refractivity contribution >= 4 is 17.6 Å². The molecule has 1 atom stereocenters. The number of hydrogen-bond donors (Lipinski definition) is 2. The average Bonchev–Trinajstić information content (AvgIpc) is 2.62. The highest BCUT2D eigenvalue weighted by atomic mass is 16.5. The van der Waals surface area contributed by atoms with Gasteiger partial charge in [-0.3, -0.25) is 4.79 Å². The van der Waals surface area contributed by atoms with Gasteiger partial charge < -0.3 is 20.3 Å². The van der Waals surface area contributed by atoms with E-state index >= 15 is 0 Å². The molecular weight excluding hydrogens is 318 g/mol. The van der Waals surface area contributed by atoms with Crippen LogP contribution in [0.1, 0.15) is 40.0 Å². The van der Waals surface area contributed by atoms with Gasteiger partial charge in [-0.2, -0.15) is 0 Å². The highest BCUT2D eigenvalue weighted by Crippen LogP contribution is 2.20. The minimum Gasteiger partial charge on any atom is -0.497 e. The number of anilines is 1. The molecule has 25 heavy (non-hydrogen) atoms. The Bertz CT molecular complexity index is 598. The molecule has 1 saturated heterocycles. The number of hydrogen-bond acceptors (Lipinski definition) is 3. The van der Waals surface area contributed by atoms with Crippen LogP contribution in [-0.2, 0) is 4.79 Å². The van der Waals surface area contributed by atoms with Gasteiger partial charge in [0.15, 0.2) is 0 Å². The molecule has 0 radical (unpaired) electrons. The standard InChI is InChI=1S/C19H29N3O3/c1-5-19(2,3)21-17(23)14-7-6-12-22(13-14)18(24)20-15-8-10-16(25-4)11-9-15/h8-11,14H,5-7,12-13H2,1-4H3,(H,20,24)(H,21,23)/t14-/m0/s1. The predicted octanol–water partition coefficient (Wildman–Crippen LogP) is 3.24. The second-order valence-corrected chi connectivity index (χ2v) is 7.17. The molecule has 0 aliphatic carbocycles. The molecule has 0 aromatic heterocycles. The second-order valence-electron chi connectivity index (χ2n) is 7.17. The molecule has 1 aliphatic heterocycles. The molecule has 6 heteroatoms. The molecule has 1 aromatic carbocycles. The molecule has 1 heterocycles. The zero-order valence-electron chi connectivity index (χ0n) is 15.6. The van der Waals surface area contributed by atoms with E-state index in [1.165, 1.54) is 0 Å². The van der Waals surface area contributed by atoms with Crippen LogP contribution in [0.25, 0.3) is 0 Å². The van der Waals surface area contributed by atoms with E-state index in [0.29, 0.717) is 18.8 Å². The zero-order chi connectivity index (χ0) is 18.4. The maximum atomic E-state index is 12.5. The molecular formula is C19H29N3O3. The summed E-state index contributed by atoms with van der Waals surface area (Å²) in [4.78, 5) is 26.7. The Morgan fingerprint density at radius 2 is 1.96 bits per heavy atom. The first-order valence-electron chi connectivity index (χ1n) is 8.86. The van der Waals surface area contributed by atoms with Crippen LogP contribution in [0.2, 0.25) is 0 Å². The molecule has 0 saturated carbocycles. The number of nitrogens with one attached hydrogen (secondary N) is 2. The Kier molecular flexibility index (Phi) is 6.28. The van der Waals surface area contributed by atoms with E-state index in [1.807, 2.05) is 13.8 Å². The number of carbonyl (C=O) groups excluding carboxylic acids is 2. The lowest BCUT2D eigenvalue weighted by Gasteiger charge is -2.34. The van der Waals surface area contributed by atoms with Crippen molar-refractivity contribution in [2.45, 2.75) is 45.6 Å². The summed E-state index contributed by atoms with van der Waals surface area (Å²) in [6.07, 6.45) is 2.52. The fourth-order valence-corrected chi connectivity index (χ4v) is 2.78. The number of piperidine rings is 1. The Morgan fingerprint density at radius 1 is 1.28 bits per heavy atom. The van der Waals surface area contributed by atoms with Crippen LogP contribution in [0.3, 0.4) is 0 Å². The first kappa shape index (κ1) is 19.1. The monoisotopic (exact) mass is 347 g/mol. The first-order valence-corrected chi connectivity index (χ1v) is 8.86. The van der Waals surface area contributed by atoms with Gasteiger partial charge in [0.2, 0.25) is 5.91 Å². The average molecular weight is 347 g/mol. The van der Waals surface area contributed by atoms with Crippen molar-refractivity contribution in [2.75, 3.05) is 25.5 Å². The molecule has 1 aliphatic rings. The van der Waals surface area contributed by atoms with Gasteiger partial charge in [-0.05, 0) is 57.4 Å². The fourth-order valence-electron chi connectivity index (χ4n) is 2.78. The zero-order valence-corrected chi connectivity index (χ0v) is 15.6. The van der Waals surface area contributed by atoms with Gasteiger partial charge >= 0.3 is 6.03 Å². The molecule has 6 nitrogen and oxygen atoms in total. The van der Waals surface area contributed by atoms with E-state index in [4.69, 9.17) is 4.74 Å². The Hall–Kier alpha value is -2.24. The molecule has 0 spiro atoms. The summed E-state index contributed by atoms with van der Waals surface area (Å²) in [5, 5.41) is 5.97. The summed E-state index contributed by atoms with van der Waals surface area (Å²) in [6, 6.07) is 7.03. The lowest BCUT2D eigenvalue weighted by Crippen LogP contribution is -2.51. The number of rotatable bonds is 5. The lowest BCUT2D eigenvalue weighted by molar-refractivity contribution is -0.127. The van der Waals surface area contributed by atoms with Gasteiger partial charge in [-0.15, -0.1) is 0 Å². The van der Waals surface area contributed by atoms with Crippen LogP contribution >= 0.6 is 0 Å². The largest absolute Gasteiger partial charge is 0.497 e. The summed E-state index contributed by atoms with van der Waals surface area (Å²) in [5.41, 5.74) is 0.495. The van der Waals surface area contributed by atoms with Crippen LogP contribution in [0.5, 0.6) is 5.75 Å². The fraction of sp³-hybridized carbons (Fsp3) is 0.579. The van der Waals surface area contributed by atoms with Crippen molar-refractivity contribution < 1.29 is 14.3 Å². The van der Waals surface area contributed by atoms with Crippen molar-refractivity contribution in [3.8, 4) is 5.75 Å². The number of amides is 3. The van der Waals surface area contributed by atoms with Gasteiger partial charge in [-0.1, -0.05) is 6.92 Å². The van der Waals surface area contributed by atoms with Crippen LogP contribution in [0.15, 0.2) is 24.3 Å². The van der Waals surface area contributed by atoms with Crippen molar-refractivity contribution in [3.63, 3.8) is 0 Å². The van der Waals surface area contributed by atoms with Crippen molar-refractivity contribution in [1.82, 2.24) is 10.2 Å². The van der Waals surface area contributed by atoms with Gasteiger partial charge in [0.05, 0.1) is 13.0 Å². The molecule has 0 unspecified atom stereocenters. The van der Waals surface area contributed by atoms with Crippen LogP contribution in [0, 0.1) is 5.92 Å². The molecule has 2 N–H and O–H groups in total. The minimum atomic E-state index is -0.218. The Balaban J connectivity index is 1.93. The number of carbonyl (C=O) groups is 2. The molecule has 1 aromatic rings. The third-order valence-electron chi connectivity index (χ3n) is 4.77. The normalized spacial score (nSPS) is 17.8. The topological polar surface area (TPSA) is 70.7 Å². The third-order valence-corrected chi connectivity index (χ3v) is 4.77. The van der Waals surface area contributed by atoms with E-state index < -0.39 is 0 Å². The molecule has 1 fully saturated rings.